The molecule has 0 unspecified atom stereocenters. The van der Waals surface area contributed by atoms with Gasteiger partial charge in [-0.05, 0) is 24.3 Å². The van der Waals surface area contributed by atoms with Gasteiger partial charge >= 0.3 is 0 Å². The van der Waals surface area contributed by atoms with Crippen molar-refractivity contribution in [3.63, 3.8) is 0 Å². The number of nitrogens with two attached hydrogens (primary N) is 1. The molecule has 0 rings (SSSR count). The molecule has 0 aliphatic carbocycles. The molecule has 1 nitrogen and oxygen atoms in total. The molecule has 98 valence electrons. The van der Waals surface area contributed by atoms with Gasteiger partial charge in [-0.15, -0.1) is 0 Å². The molecule has 0 spiro atoms. The fourth-order valence-electron chi connectivity index (χ4n) is 1.58. The van der Waals surface area contributed by atoms with Crippen molar-refractivity contribution < 1.29 is 0 Å². The van der Waals surface area contributed by atoms with Gasteiger partial charge in [0.15, 0.2) is 0 Å². The summed E-state index contributed by atoms with van der Waals surface area (Å²) in [6, 6.07) is 0. The van der Waals surface area contributed by atoms with E-state index in [2.05, 4.69) is 53.7 Å². The van der Waals surface area contributed by atoms with Crippen LogP contribution in [-0.2, 0) is 0 Å². The normalized spacial score (nSPS) is 15.7. The molecule has 0 saturated carbocycles. The third-order valence-electron chi connectivity index (χ3n) is 2.48. The minimum absolute atomic E-state index is 0.0286. The summed E-state index contributed by atoms with van der Waals surface area (Å²) >= 11 is 0. The summed E-state index contributed by atoms with van der Waals surface area (Å²) in [7, 11) is 0. The van der Waals surface area contributed by atoms with Gasteiger partial charge in [0.1, 0.15) is 0 Å². The fourth-order valence-corrected chi connectivity index (χ4v) is 1.58. The van der Waals surface area contributed by atoms with E-state index >= 15 is 0 Å². The van der Waals surface area contributed by atoms with Crippen LogP contribution in [0.15, 0.2) is 35.6 Å². The SMILES string of the molecule is C\C=C/C=C\C(CC(C)(C)C)=C(/N)C(C)(C)C. The van der Waals surface area contributed by atoms with Gasteiger partial charge in [0.25, 0.3) is 0 Å². The van der Waals surface area contributed by atoms with Gasteiger partial charge in [-0.3, -0.25) is 0 Å². The lowest BCUT2D eigenvalue weighted by Crippen LogP contribution is -2.21. The number of hydrogen-bond donors (Lipinski definition) is 1. The van der Waals surface area contributed by atoms with E-state index in [0.29, 0.717) is 0 Å². The van der Waals surface area contributed by atoms with E-state index < -0.39 is 0 Å². The molecule has 0 saturated heterocycles. The predicted molar refractivity (Wildman–Crippen MR) is 78.7 cm³/mol. The van der Waals surface area contributed by atoms with Gasteiger partial charge in [0.2, 0.25) is 0 Å². The van der Waals surface area contributed by atoms with Crippen LogP contribution in [0.1, 0.15) is 54.9 Å². The molecule has 1 heteroatoms. The maximum absolute atomic E-state index is 6.29. The Bertz CT molecular complexity index is 316. The molecule has 0 atom stereocenters. The van der Waals surface area contributed by atoms with Crippen molar-refractivity contribution in [2.24, 2.45) is 16.6 Å². The van der Waals surface area contributed by atoms with Crippen LogP contribution in [0.3, 0.4) is 0 Å². The Morgan fingerprint density at radius 2 is 1.53 bits per heavy atom. The second-order valence-corrected chi connectivity index (χ2v) is 6.81. The zero-order chi connectivity index (χ0) is 13.7. The van der Waals surface area contributed by atoms with E-state index in [1.807, 2.05) is 19.1 Å². The minimum atomic E-state index is 0.0286. The standard InChI is InChI=1S/C16H29N/c1-8-9-10-11-13(12-15(2,3)4)14(17)16(5,6)7/h8-11H,12,17H2,1-7H3/b9-8-,11-10-,14-13+. The Morgan fingerprint density at radius 1 is 1.00 bits per heavy atom. The first-order valence-electron chi connectivity index (χ1n) is 6.36. The number of allylic oxidation sites excluding steroid dienone is 6. The summed E-state index contributed by atoms with van der Waals surface area (Å²) in [4.78, 5) is 0. The van der Waals surface area contributed by atoms with Crippen molar-refractivity contribution in [2.75, 3.05) is 0 Å². The van der Waals surface area contributed by atoms with E-state index in [9.17, 15) is 0 Å². The second kappa shape index (κ2) is 6.09. The van der Waals surface area contributed by atoms with Crippen LogP contribution in [0.2, 0.25) is 0 Å². The molecule has 0 aliphatic rings. The van der Waals surface area contributed by atoms with E-state index in [0.717, 1.165) is 12.1 Å². The summed E-state index contributed by atoms with van der Waals surface area (Å²) in [5.74, 6) is 0. The van der Waals surface area contributed by atoms with Gasteiger partial charge in [-0.2, -0.15) is 0 Å². The monoisotopic (exact) mass is 235 g/mol. The zero-order valence-electron chi connectivity index (χ0n) is 12.6. The fraction of sp³-hybridized carbons (Fsp3) is 0.625. The molecule has 0 bridgehead atoms. The third kappa shape index (κ3) is 7.04. The highest BCUT2D eigenvalue weighted by Crippen LogP contribution is 2.31. The van der Waals surface area contributed by atoms with Crippen molar-refractivity contribution >= 4 is 0 Å². The van der Waals surface area contributed by atoms with Crippen molar-refractivity contribution in [1.29, 1.82) is 0 Å². The highest BCUT2D eigenvalue weighted by molar-refractivity contribution is 5.30. The Hall–Kier alpha value is -0.980. The van der Waals surface area contributed by atoms with E-state index in [-0.39, 0.29) is 10.8 Å². The van der Waals surface area contributed by atoms with Crippen LogP contribution in [0.5, 0.6) is 0 Å². The molecule has 0 radical (unpaired) electrons. The lowest BCUT2D eigenvalue weighted by molar-refractivity contribution is 0.403. The molecule has 0 aromatic rings. The average Bonchev–Trinajstić information content (AvgIpc) is 2.12. The smallest absolute Gasteiger partial charge is 0.0168 e. The summed E-state index contributed by atoms with van der Waals surface area (Å²) in [6.45, 7) is 15.2. The quantitative estimate of drug-likeness (QED) is 0.698. The molecular weight excluding hydrogens is 206 g/mol. The van der Waals surface area contributed by atoms with Crippen LogP contribution < -0.4 is 5.73 Å². The Morgan fingerprint density at radius 3 is 1.88 bits per heavy atom. The first-order valence-corrected chi connectivity index (χ1v) is 6.36. The maximum atomic E-state index is 6.29. The molecule has 0 aromatic carbocycles. The number of hydrogen-bond acceptors (Lipinski definition) is 1. The highest BCUT2D eigenvalue weighted by atomic mass is 14.6. The topological polar surface area (TPSA) is 26.0 Å². The molecule has 2 N–H and O–H groups in total. The van der Waals surface area contributed by atoms with Crippen LogP contribution >= 0.6 is 0 Å². The molecule has 0 aromatic heterocycles. The van der Waals surface area contributed by atoms with Crippen LogP contribution in [0, 0.1) is 10.8 Å². The molecule has 0 heterocycles. The van der Waals surface area contributed by atoms with Crippen LogP contribution in [-0.4, -0.2) is 0 Å². The van der Waals surface area contributed by atoms with Gasteiger partial charge in [-0.1, -0.05) is 65.8 Å². The molecule has 0 amide bonds. The van der Waals surface area contributed by atoms with E-state index in [1.165, 1.54) is 5.57 Å². The van der Waals surface area contributed by atoms with Gasteiger partial charge in [0.05, 0.1) is 0 Å². The minimum Gasteiger partial charge on any atom is -0.401 e. The van der Waals surface area contributed by atoms with Crippen LogP contribution in [0.25, 0.3) is 0 Å². The van der Waals surface area contributed by atoms with Crippen molar-refractivity contribution in [2.45, 2.75) is 54.9 Å². The molecule has 17 heavy (non-hydrogen) atoms. The lowest BCUT2D eigenvalue weighted by atomic mass is 9.82. The predicted octanol–water partition coefficient (Wildman–Crippen LogP) is 4.81. The lowest BCUT2D eigenvalue weighted by Gasteiger charge is -2.26. The van der Waals surface area contributed by atoms with Crippen molar-refractivity contribution in [3.05, 3.63) is 35.6 Å². The Kier molecular flexibility index (Phi) is 5.74. The summed E-state index contributed by atoms with van der Waals surface area (Å²) in [6.07, 6.45) is 9.28. The molecular formula is C16H29N. The maximum Gasteiger partial charge on any atom is 0.0168 e. The summed E-state index contributed by atoms with van der Waals surface area (Å²) < 4.78 is 0. The van der Waals surface area contributed by atoms with Gasteiger partial charge < -0.3 is 5.73 Å². The third-order valence-corrected chi connectivity index (χ3v) is 2.48. The first kappa shape index (κ1) is 16.0. The second-order valence-electron chi connectivity index (χ2n) is 6.81. The average molecular weight is 235 g/mol. The van der Waals surface area contributed by atoms with E-state index in [4.69, 9.17) is 5.73 Å². The first-order chi connectivity index (χ1) is 7.58. The van der Waals surface area contributed by atoms with E-state index in [1.54, 1.807) is 0 Å². The Labute approximate surface area is 107 Å². The van der Waals surface area contributed by atoms with Crippen molar-refractivity contribution in [1.82, 2.24) is 0 Å². The highest BCUT2D eigenvalue weighted by Gasteiger charge is 2.20. The summed E-state index contributed by atoms with van der Waals surface area (Å²) in [5.41, 5.74) is 8.82. The summed E-state index contributed by atoms with van der Waals surface area (Å²) in [5, 5.41) is 0. The Balaban J connectivity index is 5.25. The largest absolute Gasteiger partial charge is 0.401 e. The molecule has 0 aliphatic heterocycles. The van der Waals surface area contributed by atoms with Crippen LogP contribution in [0.4, 0.5) is 0 Å². The van der Waals surface area contributed by atoms with Gasteiger partial charge in [-0.25, -0.2) is 0 Å². The zero-order valence-corrected chi connectivity index (χ0v) is 12.6. The van der Waals surface area contributed by atoms with Crippen molar-refractivity contribution in [3.8, 4) is 0 Å². The number of rotatable bonds is 3. The molecule has 0 fully saturated rings. The van der Waals surface area contributed by atoms with Gasteiger partial charge in [0, 0.05) is 11.1 Å².